The molecule has 2 bridgehead atoms. The third-order valence-corrected chi connectivity index (χ3v) is 8.83. The average molecular weight is 410 g/mol. The Labute approximate surface area is 167 Å². The predicted molar refractivity (Wildman–Crippen MR) is 112 cm³/mol. The van der Waals surface area contributed by atoms with E-state index in [2.05, 4.69) is 26.3 Å². The number of rotatable bonds is 6. The predicted octanol–water partition coefficient (Wildman–Crippen LogP) is 2.03. The molecule has 5 rings (SSSR count). The Morgan fingerprint density at radius 2 is 1.89 bits per heavy atom. The molecule has 4 aliphatic heterocycles. The standard InChI is InChI=1S/C20H31N3O2S2/c1-16-2-4-20(5-3-16)27(24,25)21-13-19-12-17-6-7-23(19)15-18(17)14-22-8-10-26-11-9-22/h2-5,17-19,21H,6-15H2,1H3. The van der Waals surface area contributed by atoms with Crippen LogP contribution in [-0.4, -0.2) is 75.0 Å². The zero-order chi connectivity index (χ0) is 18.9. The summed E-state index contributed by atoms with van der Waals surface area (Å²) in [4.78, 5) is 5.53. The second-order valence-corrected chi connectivity index (χ2v) is 11.3. The van der Waals surface area contributed by atoms with Crippen LogP contribution in [0.3, 0.4) is 0 Å². The van der Waals surface area contributed by atoms with Crippen molar-refractivity contribution >= 4 is 21.8 Å². The highest BCUT2D eigenvalue weighted by Gasteiger charge is 2.40. The quantitative estimate of drug-likeness (QED) is 0.779. The highest BCUT2D eigenvalue weighted by atomic mass is 32.2. The minimum absolute atomic E-state index is 0.345. The first kappa shape index (κ1) is 19.7. The third kappa shape index (κ3) is 4.70. The Hall–Kier alpha value is -0.600. The SMILES string of the molecule is Cc1ccc(S(=O)(=O)NCC2CC3CCN2CC3CN2CCSCC2)cc1. The van der Waals surface area contributed by atoms with Crippen molar-refractivity contribution in [3.63, 3.8) is 0 Å². The van der Waals surface area contributed by atoms with Crippen LogP contribution in [0, 0.1) is 18.8 Å². The summed E-state index contributed by atoms with van der Waals surface area (Å²) in [5.74, 6) is 4.04. The Morgan fingerprint density at radius 3 is 2.56 bits per heavy atom. The number of aryl methyl sites for hydroxylation is 1. The fourth-order valence-electron chi connectivity index (χ4n) is 4.79. The summed E-state index contributed by atoms with van der Waals surface area (Å²) in [6.45, 7) is 8.43. The van der Waals surface area contributed by atoms with E-state index in [0.29, 0.717) is 17.5 Å². The van der Waals surface area contributed by atoms with E-state index in [-0.39, 0.29) is 0 Å². The molecular formula is C20H31N3O2S2. The summed E-state index contributed by atoms with van der Waals surface area (Å²) in [5.41, 5.74) is 1.07. The van der Waals surface area contributed by atoms with Crippen molar-refractivity contribution in [2.24, 2.45) is 11.8 Å². The molecule has 4 heterocycles. The van der Waals surface area contributed by atoms with Crippen LogP contribution < -0.4 is 4.72 Å². The Bertz CT molecular complexity index is 732. The zero-order valence-corrected chi connectivity index (χ0v) is 17.8. The summed E-state index contributed by atoms with van der Waals surface area (Å²) in [6, 6.07) is 7.43. The highest BCUT2D eigenvalue weighted by Crippen LogP contribution is 2.36. The molecule has 4 saturated heterocycles. The zero-order valence-electron chi connectivity index (χ0n) is 16.1. The fraction of sp³-hybridized carbons (Fsp3) is 0.700. The fourth-order valence-corrected chi connectivity index (χ4v) is 6.84. The van der Waals surface area contributed by atoms with E-state index in [4.69, 9.17) is 0 Å². The van der Waals surface area contributed by atoms with E-state index in [1.165, 1.54) is 37.6 Å². The van der Waals surface area contributed by atoms with Gasteiger partial charge in [-0.25, -0.2) is 13.1 Å². The van der Waals surface area contributed by atoms with Gasteiger partial charge in [0.05, 0.1) is 4.90 Å². The van der Waals surface area contributed by atoms with E-state index in [1.54, 1.807) is 12.1 Å². The molecule has 4 unspecified atom stereocenters. The van der Waals surface area contributed by atoms with Gasteiger partial charge in [-0.3, -0.25) is 4.90 Å². The van der Waals surface area contributed by atoms with Crippen molar-refractivity contribution < 1.29 is 8.42 Å². The number of nitrogens with zero attached hydrogens (tertiary/aromatic N) is 2. The van der Waals surface area contributed by atoms with E-state index < -0.39 is 10.0 Å². The van der Waals surface area contributed by atoms with Crippen molar-refractivity contribution in [3.05, 3.63) is 29.8 Å². The van der Waals surface area contributed by atoms with E-state index in [0.717, 1.165) is 36.9 Å². The molecule has 5 nitrogen and oxygen atoms in total. The van der Waals surface area contributed by atoms with Crippen LogP contribution in [0.1, 0.15) is 18.4 Å². The van der Waals surface area contributed by atoms with Crippen molar-refractivity contribution in [1.82, 2.24) is 14.5 Å². The van der Waals surface area contributed by atoms with Crippen LogP contribution in [-0.2, 0) is 10.0 Å². The molecule has 1 aromatic carbocycles. The number of sulfonamides is 1. The number of piperidine rings is 3. The summed E-state index contributed by atoms with van der Waals surface area (Å²) < 4.78 is 28.0. The van der Waals surface area contributed by atoms with Crippen molar-refractivity contribution in [2.75, 3.05) is 50.8 Å². The van der Waals surface area contributed by atoms with Crippen LogP contribution in [0.5, 0.6) is 0 Å². The van der Waals surface area contributed by atoms with Crippen molar-refractivity contribution in [3.8, 4) is 0 Å². The maximum atomic E-state index is 12.6. The van der Waals surface area contributed by atoms with Gasteiger partial charge in [0.15, 0.2) is 0 Å². The summed E-state index contributed by atoms with van der Waals surface area (Å²) in [6.07, 6.45) is 2.40. The topological polar surface area (TPSA) is 52.7 Å². The summed E-state index contributed by atoms with van der Waals surface area (Å²) in [5, 5.41) is 0. The molecular weight excluding hydrogens is 378 g/mol. The third-order valence-electron chi connectivity index (χ3n) is 6.45. The van der Waals surface area contributed by atoms with Gasteiger partial charge in [0.1, 0.15) is 0 Å². The number of hydrogen-bond acceptors (Lipinski definition) is 5. The molecule has 150 valence electrons. The highest BCUT2D eigenvalue weighted by molar-refractivity contribution is 7.99. The van der Waals surface area contributed by atoms with Gasteiger partial charge < -0.3 is 4.90 Å². The van der Waals surface area contributed by atoms with Gasteiger partial charge in [-0.1, -0.05) is 17.7 Å². The van der Waals surface area contributed by atoms with Gasteiger partial charge in [0, 0.05) is 50.3 Å². The van der Waals surface area contributed by atoms with Gasteiger partial charge in [0.25, 0.3) is 0 Å². The lowest BCUT2D eigenvalue weighted by Crippen LogP contribution is -2.58. The van der Waals surface area contributed by atoms with E-state index in [9.17, 15) is 8.42 Å². The molecule has 0 radical (unpaired) electrons. The first-order valence-corrected chi connectivity index (χ1v) is 12.8. The van der Waals surface area contributed by atoms with E-state index in [1.807, 2.05) is 19.1 Å². The molecule has 27 heavy (non-hydrogen) atoms. The molecule has 1 aromatic rings. The van der Waals surface area contributed by atoms with Crippen LogP contribution in [0.15, 0.2) is 29.2 Å². The van der Waals surface area contributed by atoms with Crippen LogP contribution in [0.25, 0.3) is 0 Å². The lowest BCUT2D eigenvalue weighted by molar-refractivity contribution is -0.00914. The summed E-state index contributed by atoms with van der Waals surface area (Å²) >= 11 is 2.07. The number of thioether (sulfide) groups is 1. The minimum atomic E-state index is -3.42. The van der Waals surface area contributed by atoms with E-state index >= 15 is 0 Å². The normalized spacial score (nSPS) is 31.9. The van der Waals surface area contributed by atoms with Crippen LogP contribution >= 0.6 is 11.8 Å². The lowest BCUT2D eigenvalue weighted by atomic mass is 9.75. The van der Waals surface area contributed by atoms with Gasteiger partial charge >= 0.3 is 0 Å². The van der Waals surface area contributed by atoms with Crippen molar-refractivity contribution in [2.45, 2.75) is 30.7 Å². The van der Waals surface area contributed by atoms with Gasteiger partial charge in [-0.2, -0.15) is 11.8 Å². The number of hydrogen-bond donors (Lipinski definition) is 1. The first-order chi connectivity index (χ1) is 13.0. The average Bonchev–Trinajstić information content (AvgIpc) is 2.68. The molecule has 0 spiro atoms. The second kappa shape index (κ2) is 8.41. The molecule has 0 aromatic heterocycles. The summed E-state index contributed by atoms with van der Waals surface area (Å²) in [7, 11) is -3.42. The minimum Gasteiger partial charge on any atom is -0.301 e. The number of nitrogens with one attached hydrogen (secondary N) is 1. The monoisotopic (exact) mass is 409 g/mol. The Morgan fingerprint density at radius 1 is 1.15 bits per heavy atom. The molecule has 4 fully saturated rings. The van der Waals surface area contributed by atoms with Gasteiger partial charge in [-0.15, -0.1) is 0 Å². The maximum absolute atomic E-state index is 12.6. The largest absolute Gasteiger partial charge is 0.301 e. The maximum Gasteiger partial charge on any atom is 0.240 e. The smallest absolute Gasteiger partial charge is 0.240 e. The number of benzene rings is 1. The molecule has 0 amide bonds. The molecule has 4 aliphatic rings. The first-order valence-electron chi connectivity index (χ1n) is 10.1. The molecule has 0 aliphatic carbocycles. The van der Waals surface area contributed by atoms with Crippen molar-refractivity contribution in [1.29, 1.82) is 0 Å². The Kier molecular flexibility index (Phi) is 6.14. The Balaban J connectivity index is 1.32. The lowest BCUT2D eigenvalue weighted by Gasteiger charge is -2.51. The molecule has 0 saturated carbocycles. The molecule has 1 N–H and O–H groups in total. The van der Waals surface area contributed by atoms with Crippen LogP contribution in [0.4, 0.5) is 0 Å². The van der Waals surface area contributed by atoms with Gasteiger partial charge in [-0.05, 0) is 50.3 Å². The van der Waals surface area contributed by atoms with Gasteiger partial charge in [0.2, 0.25) is 10.0 Å². The second-order valence-electron chi connectivity index (χ2n) is 8.27. The molecule has 4 atom stereocenters. The van der Waals surface area contributed by atoms with Crippen LogP contribution in [0.2, 0.25) is 0 Å². The molecule has 7 heteroatoms. The number of fused-ring (bicyclic) bond motifs is 3.